The molecule has 10 heteroatoms. The van der Waals surface area contributed by atoms with E-state index in [1.807, 2.05) is 10.9 Å². The lowest BCUT2D eigenvalue weighted by molar-refractivity contribution is -0.140. The lowest BCUT2D eigenvalue weighted by Crippen LogP contribution is -2.43. The Morgan fingerprint density at radius 2 is 1.97 bits per heavy atom. The predicted octanol–water partition coefficient (Wildman–Crippen LogP) is 2.32. The molecule has 0 bridgehead atoms. The third kappa shape index (κ3) is 4.93. The quantitative estimate of drug-likeness (QED) is 0.558. The van der Waals surface area contributed by atoms with Crippen molar-refractivity contribution in [2.75, 3.05) is 19.5 Å². The maximum absolute atomic E-state index is 13.0. The molecular weight excluding hydrogens is 450 g/mol. The number of benzene rings is 1. The number of pyridine rings is 1. The smallest absolute Gasteiger partial charge is 0.274 e. The molecule has 0 unspecified atom stereocenters. The fourth-order valence-electron chi connectivity index (χ4n) is 4.67. The summed E-state index contributed by atoms with van der Waals surface area (Å²) in [4.78, 5) is 39.0. The number of hydrogen-bond donors (Lipinski definition) is 2. The highest BCUT2D eigenvalue weighted by molar-refractivity contribution is 6.08. The largest absolute Gasteiger partial charge is 0.496 e. The number of amides is 2. The second-order valence-corrected chi connectivity index (χ2v) is 9.10. The minimum atomic E-state index is -1.000. The zero-order valence-corrected chi connectivity index (χ0v) is 20.4. The van der Waals surface area contributed by atoms with Crippen LogP contribution in [0.4, 0.5) is 5.69 Å². The lowest BCUT2D eigenvalue weighted by Gasteiger charge is -2.35. The Morgan fingerprint density at radius 3 is 2.63 bits per heavy atom. The van der Waals surface area contributed by atoms with Gasteiger partial charge in [0.05, 0.1) is 24.2 Å². The van der Waals surface area contributed by atoms with Crippen LogP contribution in [0.25, 0.3) is 10.9 Å². The summed E-state index contributed by atoms with van der Waals surface area (Å²) in [5.74, 6) is -0.328. The van der Waals surface area contributed by atoms with E-state index in [0.717, 1.165) is 31.1 Å². The number of rotatable bonds is 6. The number of carbonyl (C=O) groups is 2. The van der Waals surface area contributed by atoms with Crippen molar-refractivity contribution in [2.45, 2.75) is 50.8 Å². The van der Waals surface area contributed by atoms with Crippen LogP contribution in [0.3, 0.4) is 0 Å². The molecule has 0 spiro atoms. The van der Waals surface area contributed by atoms with E-state index >= 15 is 0 Å². The number of hydrogen-bond acceptors (Lipinski definition) is 6. The first-order chi connectivity index (χ1) is 16.7. The normalized spacial score (nSPS) is 18.8. The van der Waals surface area contributed by atoms with Gasteiger partial charge in [0.15, 0.2) is 0 Å². The van der Waals surface area contributed by atoms with Crippen molar-refractivity contribution in [3.8, 4) is 5.75 Å². The minimum Gasteiger partial charge on any atom is -0.496 e. The molecule has 2 heterocycles. The summed E-state index contributed by atoms with van der Waals surface area (Å²) < 4.78 is 8.77. The summed E-state index contributed by atoms with van der Waals surface area (Å²) in [5, 5.41) is 17.8. The van der Waals surface area contributed by atoms with Gasteiger partial charge in [0.25, 0.3) is 17.4 Å². The van der Waals surface area contributed by atoms with E-state index in [4.69, 9.17) is 9.84 Å². The summed E-state index contributed by atoms with van der Waals surface area (Å²) in [5.41, 5.74) is 0.906. The summed E-state index contributed by atoms with van der Waals surface area (Å²) in [6, 6.07) is 6.97. The molecular formula is C25H31N5O5. The van der Waals surface area contributed by atoms with Crippen LogP contribution in [0.5, 0.6) is 5.75 Å². The Labute approximate surface area is 203 Å². The van der Waals surface area contributed by atoms with Crippen molar-refractivity contribution >= 4 is 28.4 Å². The van der Waals surface area contributed by atoms with E-state index in [-0.39, 0.29) is 29.2 Å². The van der Waals surface area contributed by atoms with Gasteiger partial charge in [0, 0.05) is 44.0 Å². The Balaban J connectivity index is 1.53. The molecule has 0 radical (unpaired) electrons. The van der Waals surface area contributed by atoms with Crippen LogP contribution in [0.15, 0.2) is 41.5 Å². The first-order valence-electron chi connectivity index (χ1n) is 11.7. The number of carbonyl (C=O) groups excluding carboxylic acids is 2. The molecule has 3 aromatic rings. The fraction of sp³-hybridized carbons (Fsp3) is 0.440. The third-order valence-corrected chi connectivity index (χ3v) is 6.75. The zero-order chi connectivity index (χ0) is 25.3. The van der Waals surface area contributed by atoms with Gasteiger partial charge >= 0.3 is 0 Å². The van der Waals surface area contributed by atoms with Crippen molar-refractivity contribution in [1.82, 2.24) is 19.2 Å². The van der Waals surface area contributed by atoms with E-state index in [2.05, 4.69) is 5.32 Å². The predicted molar refractivity (Wildman–Crippen MR) is 132 cm³/mol. The molecule has 2 amide bonds. The number of aliphatic hydroxyl groups excluding tert-OH is 1. The Morgan fingerprint density at radius 1 is 1.26 bits per heavy atom. The molecule has 186 valence electrons. The molecule has 0 saturated heterocycles. The molecule has 1 fully saturated rings. The molecule has 0 aliphatic heterocycles. The second kappa shape index (κ2) is 9.91. The monoisotopic (exact) mass is 481 g/mol. The molecule has 2 N–H and O–H groups in total. The summed E-state index contributed by atoms with van der Waals surface area (Å²) in [6.07, 6.45) is 5.87. The number of nitrogens with zero attached hydrogens (tertiary/aromatic N) is 4. The van der Waals surface area contributed by atoms with Gasteiger partial charge in [0.2, 0.25) is 0 Å². The van der Waals surface area contributed by atoms with Gasteiger partial charge in [-0.15, -0.1) is 0 Å². The number of aromatic nitrogens is 3. The van der Waals surface area contributed by atoms with Gasteiger partial charge in [-0.2, -0.15) is 5.10 Å². The summed E-state index contributed by atoms with van der Waals surface area (Å²) in [6.45, 7) is 1.49. The highest BCUT2D eigenvalue weighted by Gasteiger charge is 2.29. The Hall–Kier alpha value is -3.66. The lowest BCUT2D eigenvalue weighted by atomic mass is 9.90. The van der Waals surface area contributed by atoms with E-state index in [1.165, 1.54) is 18.6 Å². The topological polar surface area (TPSA) is 119 Å². The van der Waals surface area contributed by atoms with Crippen molar-refractivity contribution in [2.24, 2.45) is 7.05 Å². The molecule has 1 aliphatic rings. The fourth-order valence-corrected chi connectivity index (χ4v) is 4.67. The van der Waals surface area contributed by atoms with Crippen LogP contribution in [0, 0.1) is 0 Å². The molecule has 2 aromatic heterocycles. The van der Waals surface area contributed by atoms with E-state index in [9.17, 15) is 19.5 Å². The summed E-state index contributed by atoms with van der Waals surface area (Å²) in [7, 11) is 4.85. The molecule has 35 heavy (non-hydrogen) atoms. The van der Waals surface area contributed by atoms with Crippen LogP contribution in [0.2, 0.25) is 0 Å². The van der Waals surface area contributed by atoms with Gasteiger partial charge in [-0.05, 0) is 50.8 Å². The number of anilines is 1. The maximum Gasteiger partial charge on any atom is 0.274 e. The SMILES string of the molecule is COc1cc2nn(C3CCC(N(C)C(=O)[C@@H](C)O)CC3)cc2cc1C(=O)Nc1cccn(C)c1=O. The number of fused-ring (bicyclic) bond motifs is 1. The standard InChI is InChI=1S/C25H31N5O5/c1-15(31)24(33)29(3)17-7-9-18(10-8-17)30-14-16-12-19(22(35-4)13-21(16)27-30)23(32)26-20-6-5-11-28(2)25(20)34/h5-6,11-15,17-18,31H,7-10H2,1-4H3,(H,26,32)/t15-,17?,18?/m1/s1. The number of ether oxygens (including phenoxy) is 1. The molecule has 4 rings (SSSR count). The van der Waals surface area contributed by atoms with Gasteiger partial charge in [0.1, 0.15) is 17.5 Å². The van der Waals surface area contributed by atoms with E-state index in [1.54, 1.807) is 49.5 Å². The van der Waals surface area contributed by atoms with Crippen molar-refractivity contribution in [3.05, 3.63) is 52.6 Å². The molecule has 1 aromatic carbocycles. The third-order valence-electron chi connectivity index (χ3n) is 6.75. The highest BCUT2D eigenvalue weighted by Crippen LogP contribution is 2.33. The zero-order valence-electron chi connectivity index (χ0n) is 20.4. The van der Waals surface area contributed by atoms with Gasteiger partial charge < -0.3 is 24.6 Å². The average Bonchev–Trinajstić information content (AvgIpc) is 3.28. The van der Waals surface area contributed by atoms with E-state index < -0.39 is 12.0 Å². The van der Waals surface area contributed by atoms with Crippen LogP contribution in [-0.2, 0) is 11.8 Å². The first-order valence-corrected chi connectivity index (χ1v) is 11.7. The minimum absolute atomic E-state index is 0.0967. The average molecular weight is 482 g/mol. The van der Waals surface area contributed by atoms with Gasteiger partial charge in [-0.25, -0.2) is 0 Å². The van der Waals surface area contributed by atoms with Crippen molar-refractivity contribution < 1.29 is 19.4 Å². The molecule has 1 aliphatic carbocycles. The van der Waals surface area contributed by atoms with E-state index in [0.29, 0.717) is 16.8 Å². The maximum atomic E-state index is 13.0. The van der Waals surface area contributed by atoms with Crippen LogP contribution in [-0.4, -0.2) is 62.5 Å². The second-order valence-electron chi connectivity index (χ2n) is 9.10. The number of aryl methyl sites for hydroxylation is 1. The molecule has 1 saturated carbocycles. The number of nitrogens with one attached hydrogen (secondary N) is 1. The van der Waals surface area contributed by atoms with Crippen LogP contribution in [0.1, 0.15) is 49.0 Å². The molecule has 1 atom stereocenters. The first kappa shape index (κ1) is 24.5. The molecule has 10 nitrogen and oxygen atoms in total. The van der Waals surface area contributed by atoms with Crippen LogP contribution < -0.4 is 15.6 Å². The Kier molecular flexibility index (Phi) is 6.93. The van der Waals surface area contributed by atoms with Crippen LogP contribution >= 0.6 is 0 Å². The summed E-state index contributed by atoms with van der Waals surface area (Å²) >= 11 is 0. The highest BCUT2D eigenvalue weighted by atomic mass is 16.5. The van der Waals surface area contributed by atoms with Gasteiger partial charge in [-0.3, -0.25) is 19.1 Å². The van der Waals surface area contributed by atoms with Crippen molar-refractivity contribution in [1.29, 1.82) is 0 Å². The van der Waals surface area contributed by atoms with Gasteiger partial charge in [-0.1, -0.05) is 0 Å². The number of methoxy groups -OCH3 is 1. The van der Waals surface area contributed by atoms with Crippen molar-refractivity contribution in [3.63, 3.8) is 0 Å². The number of likely N-dealkylation sites (N-methyl/N-ethyl adjacent to an activating group) is 1. The number of aliphatic hydroxyl groups is 1. The Bertz CT molecular complexity index is 1300.